The van der Waals surface area contributed by atoms with E-state index in [-0.39, 0.29) is 40.5 Å². The van der Waals surface area contributed by atoms with Gasteiger partial charge >= 0.3 is 10.2 Å². The molecule has 1 spiro atoms. The van der Waals surface area contributed by atoms with Gasteiger partial charge < -0.3 is 19.0 Å². The number of likely N-dealkylation sites (N-methyl/N-ethyl adjacent to an activating group) is 1. The van der Waals surface area contributed by atoms with Crippen molar-refractivity contribution in [2.75, 3.05) is 51.8 Å². The summed E-state index contributed by atoms with van der Waals surface area (Å²) in [6, 6.07) is 11.4. The maximum Gasteiger partial charge on any atom is 0.304 e. The molecule has 1 saturated carbocycles. The predicted octanol–water partition coefficient (Wildman–Crippen LogP) is 6.55. The normalized spacial score (nSPS) is 27.3. The first-order valence-electron chi connectivity index (χ1n) is 18.6. The Morgan fingerprint density at radius 1 is 1.15 bits per heavy atom. The second-order valence-corrected chi connectivity index (χ2v) is 23.8. The Kier molecular flexibility index (Phi) is 11.0. The van der Waals surface area contributed by atoms with E-state index in [1.807, 2.05) is 12.1 Å². The van der Waals surface area contributed by atoms with E-state index < -0.39 is 31.0 Å². The largest absolute Gasteiger partial charge is 0.490 e. The summed E-state index contributed by atoms with van der Waals surface area (Å²) in [5, 5.41) is 0.735. The van der Waals surface area contributed by atoms with Gasteiger partial charge in [0.2, 0.25) is 5.91 Å². The summed E-state index contributed by atoms with van der Waals surface area (Å²) in [4.78, 5) is 30.2. The van der Waals surface area contributed by atoms with Crippen molar-refractivity contribution in [3.63, 3.8) is 0 Å². The zero-order valence-corrected chi connectivity index (χ0v) is 34.3. The quantitative estimate of drug-likeness (QED) is 0.278. The number of ether oxygens (including phenoxy) is 1. The van der Waals surface area contributed by atoms with Gasteiger partial charge in [-0.25, -0.2) is 4.72 Å². The van der Waals surface area contributed by atoms with Crippen molar-refractivity contribution < 1.29 is 27.2 Å². The molecular weight excluding hydrogens is 716 g/mol. The standard InChI is InChI=1S/C39H55ClN4O6SSi/c1-38(2,3)52(6,7)50-34-12-8-9-20-44(24-36(45)42(4)5)51(47,48)41-37(46)28-14-18-35-33(22-28)43(23-29-13-16-31(29)34)25-39(26-49-35)19-10-11-27-21-30(40)15-17-32(27)39/h8,12,14-15,17-18,21-22,29,31,34H,9-11,13,16,19-20,23-26H2,1-7H3,(H,41,46)/b12-8+/t29-,31+,34-,39-/m0/s1. The molecule has 52 heavy (non-hydrogen) atoms. The third kappa shape index (κ3) is 7.96. The number of nitrogens with zero attached hydrogens (tertiary/aromatic N) is 3. The fourth-order valence-electron chi connectivity index (χ4n) is 7.84. The van der Waals surface area contributed by atoms with Gasteiger partial charge in [-0.3, -0.25) is 9.59 Å². The van der Waals surface area contributed by atoms with E-state index in [4.69, 9.17) is 20.8 Å². The molecule has 2 aromatic rings. The number of halogens is 1. The minimum absolute atomic E-state index is 0.00603. The molecule has 0 unspecified atom stereocenters. The Hall–Kier alpha value is -2.90. The summed E-state index contributed by atoms with van der Waals surface area (Å²) >= 11 is 6.47. The van der Waals surface area contributed by atoms with E-state index in [9.17, 15) is 18.0 Å². The Bertz CT molecular complexity index is 1830. The van der Waals surface area contributed by atoms with Crippen LogP contribution in [-0.2, 0) is 31.3 Å². The van der Waals surface area contributed by atoms with Crippen molar-refractivity contribution >= 4 is 47.6 Å². The van der Waals surface area contributed by atoms with Crippen LogP contribution in [0.25, 0.3) is 0 Å². The second kappa shape index (κ2) is 14.7. The fraction of sp³-hybridized carbons (Fsp3) is 0.590. The monoisotopic (exact) mass is 770 g/mol. The molecule has 2 aliphatic heterocycles. The molecule has 10 nitrogen and oxygen atoms in total. The molecule has 1 N–H and O–H groups in total. The number of rotatable bonds is 4. The molecule has 4 aliphatic rings. The summed E-state index contributed by atoms with van der Waals surface area (Å²) in [6.07, 6.45) is 9.35. The number of amides is 2. The number of nitrogens with one attached hydrogen (secondary N) is 1. The van der Waals surface area contributed by atoms with Crippen molar-refractivity contribution in [2.45, 2.75) is 88.9 Å². The smallest absolute Gasteiger partial charge is 0.304 e. The van der Waals surface area contributed by atoms with Crippen molar-refractivity contribution in [1.29, 1.82) is 0 Å². The Morgan fingerprint density at radius 3 is 2.62 bits per heavy atom. The summed E-state index contributed by atoms with van der Waals surface area (Å²) < 4.78 is 44.6. The average molecular weight is 771 g/mol. The van der Waals surface area contributed by atoms with E-state index in [1.54, 1.807) is 32.3 Å². The molecule has 2 amide bonds. The second-order valence-electron chi connectivity index (χ2n) is 16.9. The van der Waals surface area contributed by atoms with E-state index in [1.165, 1.54) is 16.0 Å². The van der Waals surface area contributed by atoms with Gasteiger partial charge in [0.25, 0.3) is 5.91 Å². The Balaban J connectivity index is 1.43. The van der Waals surface area contributed by atoms with E-state index in [0.29, 0.717) is 31.2 Å². The molecule has 2 aliphatic carbocycles. The van der Waals surface area contributed by atoms with Crippen LogP contribution in [0.3, 0.4) is 0 Å². The SMILES string of the molecule is CN(C)C(=O)CN1CC/C=C/[C@H](O[Si](C)(C)C(C)(C)C)[C@@H]2CC[C@H]2CN2C[C@@]3(CCCc4cc(Cl)ccc43)COc3ccc(cc32)C(=O)NS1(=O)=O. The van der Waals surface area contributed by atoms with Gasteiger partial charge in [-0.05, 0) is 110 Å². The molecule has 0 radical (unpaired) electrons. The lowest BCUT2D eigenvalue weighted by Gasteiger charge is -2.48. The molecule has 4 atom stereocenters. The molecule has 2 heterocycles. The molecule has 2 aromatic carbocycles. The molecular formula is C39H55ClN4O6SSi. The molecule has 13 heteroatoms. The minimum Gasteiger partial charge on any atom is -0.490 e. The van der Waals surface area contributed by atoms with Crippen LogP contribution in [0.4, 0.5) is 5.69 Å². The highest BCUT2D eigenvalue weighted by Crippen LogP contribution is 2.48. The van der Waals surface area contributed by atoms with Gasteiger partial charge in [0.15, 0.2) is 8.32 Å². The van der Waals surface area contributed by atoms with Gasteiger partial charge in [0, 0.05) is 49.7 Å². The maximum atomic E-state index is 13.8. The van der Waals surface area contributed by atoms with Gasteiger partial charge in [0.1, 0.15) is 5.75 Å². The van der Waals surface area contributed by atoms with Crippen molar-refractivity contribution in [3.05, 3.63) is 70.3 Å². The summed E-state index contributed by atoms with van der Waals surface area (Å²) in [5.41, 5.74) is 3.20. The fourth-order valence-corrected chi connectivity index (χ4v) is 10.4. The first-order chi connectivity index (χ1) is 24.4. The lowest BCUT2D eigenvalue weighted by atomic mass is 9.68. The molecule has 0 aromatic heterocycles. The van der Waals surface area contributed by atoms with Gasteiger partial charge in [-0.2, -0.15) is 12.7 Å². The van der Waals surface area contributed by atoms with Gasteiger partial charge in [-0.1, -0.05) is 50.6 Å². The van der Waals surface area contributed by atoms with Crippen molar-refractivity contribution in [1.82, 2.24) is 13.9 Å². The van der Waals surface area contributed by atoms with Crippen molar-refractivity contribution in [3.8, 4) is 5.75 Å². The third-order valence-electron chi connectivity index (χ3n) is 12.1. The number of aryl methyl sites for hydroxylation is 1. The van der Waals surface area contributed by atoms with E-state index >= 15 is 0 Å². The lowest BCUT2D eigenvalue weighted by Crippen LogP contribution is -2.52. The van der Waals surface area contributed by atoms with E-state index in [2.05, 4.69) is 61.7 Å². The lowest BCUT2D eigenvalue weighted by molar-refractivity contribution is -0.128. The van der Waals surface area contributed by atoms with Crippen LogP contribution in [0.1, 0.15) is 74.4 Å². The molecule has 284 valence electrons. The average Bonchev–Trinajstić information content (AvgIpc) is 3.19. The van der Waals surface area contributed by atoms with Crippen LogP contribution in [0.2, 0.25) is 23.2 Å². The molecule has 6 rings (SSSR count). The summed E-state index contributed by atoms with van der Waals surface area (Å²) in [6.45, 7) is 12.8. The Labute approximate surface area is 316 Å². The van der Waals surface area contributed by atoms with Crippen LogP contribution < -0.4 is 14.4 Å². The number of hydrogen-bond acceptors (Lipinski definition) is 7. The van der Waals surface area contributed by atoms with Crippen LogP contribution in [-0.4, -0.2) is 90.7 Å². The highest BCUT2D eigenvalue weighted by atomic mass is 35.5. The number of anilines is 1. The number of carbonyl (C=O) groups is 2. The van der Waals surface area contributed by atoms with Crippen LogP contribution in [0, 0.1) is 11.8 Å². The van der Waals surface area contributed by atoms with Crippen LogP contribution >= 0.6 is 11.6 Å². The highest BCUT2D eigenvalue weighted by molar-refractivity contribution is 7.87. The first-order valence-corrected chi connectivity index (χ1v) is 23.3. The highest BCUT2D eigenvalue weighted by Gasteiger charge is 2.47. The Morgan fingerprint density at radius 2 is 1.92 bits per heavy atom. The summed E-state index contributed by atoms with van der Waals surface area (Å²) in [5.74, 6) is 0.123. The van der Waals surface area contributed by atoms with Crippen molar-refractivity contribution in [2.24, 2.45) is 11.8 Å². The van der Waals surface area contributed by atoms with Gasteiger partial charge in [-0.15, -0.1) is 0 Å². The third-order valence-corrected chi connectivity index (χ3v) is 18.3. The number of fused-ring (bicyclic) bond motifs is 4. The zero-order valence-electron chi connectivity index (χ0n) is 31.7. The van der Waals surface area contributed by atoms with E-state index in [0.717, 1.165) is 53.7 Å². The topological polar surface area (TPSA) is 108 Å². The number of hydrogen-bond donors (Lipinski definition) is 1. The molecule has 0 saturated heterocycles. The summed E-state index contributed by atoms with van der Waals surface area (Å²) in [7, 11) is -3.41. The zero-order chi connectivity index (χ0) is 37.6. The first kappa shape index (κ1) is 38.8. The molecule has 2 bridgehead atoms. The van der Waals surface area contributed by atoms with Gasteiger partial charge in [0.05, 0.1) is 24.9 Å². The number of carbonyl (C=O) groups excluding carboxylic acids is 2. The predicted molar refractivity (Wildman–Crippen MR) is 209 cm³/mol. The van der Waals surface area contributed by atoms with Crippen LogP contribution in [0.5, 0.6) is 5.75 Å². The molecule has 1 fully saturated rings. The van der Waals surface area contributed by atoms with Crippen LogP contribution in [0.15, 0.2) is 48.6 Å². The maximum absolute atomic E-state index is 13.8. The number of benzene rings is 2. The minimum atomic E-state index is -4.38.